The Hall–Kier alpha value is -4.27. The number of alkyl halides is 3. The Morgan fingerprint density at radius 2 is 1.09 bits per heavy atom. The average Bonchev–Trinajstić information content (AvgIpc) is 3.22. The SMILES string of the molecule is CN1C(=O)c2ccc(C(C)(c3ccc4c(c3)C(=O)N(c3ccccc3)C4=O)C(F)(F)F)cc2C1=O. The molecule has 0 spiro atoms. The Kier molecular flexibility index (Phi) is 4.74. The van der Waals surface area contributed by atoms with Crippen molar-refractivity contribution in [1.29, 1.82) is 0 Å². The van der Waals surface area contributed by atoms with E-state index in [0.29, 0.717) is 5.69 Å². The minimum Gasteiger partial charge on any atom is -0.277 e. The number of benzene rings is 3. The van der Waals surface area contributed by atoms with Crippen LogP contribution in [0.4, 0.5) is 18.9 Å². The van der Waals surface area contributed by atoms with Crippen LogP contribution in [0, 0.1) is 0 Å². The van der Waals surface area contributed by atoms with Gasteiger partial charge in [-0.15, -0.1) is 0 Å². The van der Waals surface area contributed by atoms with Crippen molar-refractivity contribution in [2.24, 2.45) is 0 Å². The molecule has 0 aromatic heterocycles. The van der Waals surface area contributed by atoms with Gasteiger partial charge in [0.05, 0.1) is 27.9 Å². The van der Waals surface area contributed by atoms with E-state index < -0.39 is 35.2 Å². The Balaban J connectivity index is 1.65. The van der Waals surface area contributed by atoms with Crippen LogP contribution in [-0.4, -0.2) is 41.8 Å². The second-order valence-corrected chi connectivity index (χ2v) is 8.59. The summed E-state index contributed by atoms with van der Waals surface area (Å²) in [5.74, 6) is -2.63. The maximum Gasteiger partial charge on any atom is 0.402 e. The first kappa shape index (κ1) is 22.5. The third kappa shape index (κ3) is 3.04. The zero-order valence-corrected chi connectivity index (χ0v) is 18.5. The van der Waals surface area contributed by atoms with Gasteiger partial charge in [-0.3, -0.25) is 24.1 Å². The lowest BCUT2D eigenvalue weighted by Crippen LogP contribution is -2.41. The van der Waals surface area contributed by atoms with Crippen molar-refractivity contribution >= 4 is 29.3 Å². The van der Waals surface area contributed by atoms with Gasteiger partial charge in [0.1, 0.15) is 5.41 Å². The Morgan fingerprint density at radius 1 is 0.629 bits per heavy atom. The largest absolute Gasteiger partial charge is 0.402 e. The van der Waals surface area contributed by atoms with Crippen LogP contribution < -0.4 is 4.90 Å². The first-order valence-corrected chi connectivity index (χ1v) is 10.6. The molecule has 2 aliphatic rings. The molecular weight excluding hydrogens is 461 g/mol. The van der Waals surface area contributed by atoms with E-state index >= 15 is 0 Å². The van der Waals surface area contributed by atoms with Gasteiger partial charge in [0.2, 0.25) is 0 Å². The van der Waals surface area contributed by atoms with Gasteiger partial charge >= 0.3 is 6.18 Å². The van der Waals surface area contributed by atoms with Crippen molar-refractivity contribution in [2.45, 2.75) is 18.5 Å². The van der Waals surface area contributed by atoms with Crippen molar-refractivity contribution in [3.63, 3.8) is 0 Å². The highest BCUT2D eigenvalue weighted by molar-refractivity contribution is 6.34. The fourth-order valence-corrected chi connectivity index (χ4v) is 4.53. The van der Waals surface area contributed by atoms with Gasteiger partial charge in [0.15, 0.2) is 0 Å². The van der Waals surface area contributed by atoms with Gasteiger partial charge in [-0.25, -0.2) is 4.90 Å². The van der Waals surface area contributed by atoms with Crippen LogP contribution in [0.1, 0.15) is 59.5 Å². The van der Waals surface area contributed by atoms with Crippen LogP contribution in [0.15, 0.2) is 66.7 Å². The molecule has 0 radical (unpaired) electrons. The molecule has 176 valence electrons. The van der Waals surface area contributed by atoms with E-state index in [1.807, 2.05) is 0 Å². The molecule has 1 unspecified atom stereocenters. The summed E-state index contributed by atoms with van der Waals surface area (Å²) in [5.41, 5.74) is -3.09. The van der Waals surface area contributed by atoms with Crippen LogP contribution in [0.3, 0.4) is 0 Å². The molecule has 0 saturated carbocycles. The molecule has 3 aromatic carbocycles. The highest BCUT2D eigenvalue weighted by Crippen LogP contribution is 2.47. The predicted octanol–water partition coefficient (Wildman–Crippen LogP) is 4.58. The maximum atomic E-state index is 14.6. The van der Waals surface area contributed by atoms with Crippen LogP contribution >= 0.6 is 0 Å². The molecule has 6 nitrogen and oxygen atoms in total. The monoisotopic (exact) mass is 478 g/mol. The number of carbonyl (C=O) groups is 4. The quantitative estimate of drug-likeness (QED) is 0.517. The summed E-state index contributed by atoms with van der Waals surface area (Å²) in [6.45, 7) is 0.942. The average molecular weight is 478 g/mol. The highest BCUT2D eigenvalue weighted by atomic mass is 19.4. The predicted molar refractivity (Wildman–Crippen MR) is 119 cm³/mol. The van der Waals surface area contributed by atoms with E-state index in [4.69, 9.17) is 0 Å². The van der Waals surface area contributed by atoms with Gasteiger partial charge in [-0.1, -0.05) is 30.3 Å². The lowest BCUT2D eigenvalue weighted by molar-refractivity contribution is -0.173. The summed E-state index contributed by atoms with van der Waals surface area (Å²) < 4.78 is 43.9. The molecule has 2 heterocycles. The molecule has 0 N–H and O–H groups in total. The third-order valence-corrected chi connectivity index (χ3v) is 6.71. The molecule has 5 rings (SSSR count). The van der Waals surface area contributed by atoms with E-state index in [-0.39, 0.29) is 33.4 Å². The topological polar surface area (TPSA) is 74.8 Å². The minimum absolute atomic E-state index is 0.00322. The van der Waals surface area contributed by atoms with Crippen LogP contribution in [-0.2, 0) is 5.41 Å². The van der Waals surface area contributed by atoms with Crippen LogP contribution in [0.25, 0.3) is 0 Å². The number of rotatable bonds is 3. The highest BCUT2D eigenvalue weighted by Gasteiger charge is 2.54. The Labute approximate surface area is 197 Å². The van der Waals surface area contributed by atoms with E-state index in [9.17, 15) is 32.3 Å². The number of para-hydroxylation sites is 1. The van der Waals surface area contributed by atoms with Crippen molar-refractivity contribution in [2.75, 3.05) is 11.9 Å². The van der Waals surface area contributed by atoms with Crippen molar-refractivity contribution in [3.8, 4) is 0 Å². The lowest BCUT2D eigenvalue weighted by Gasteiger charge is -2.33. The second-order valence-electron chi connectivity index (χ2n) is 8.59. The Morgan fingerprint density at radius 3 is 1.63 bits per heavy atom. The van der Waals surface area contributed by atoms with Crippen molar-refractivity contribution in [3.05, 3.63) is 100 Å². The Bertz CT molecular complexity index is 1450. The molecule has 0 aliphatic carbocycles. The van der Waals surface area contributed by atoms with Gasteiger partial charge < -0.3 is 0 Å². The first-order valence-electron chi connectivity index (χ1n) is 10.6. The molecule has 0 saturated heterocycles. The molecule has 0 bridgehead atoms. The standard InChI is InChI=1S/C26H17F3N2O4/c1-25(26(27,28)29,14-8-10-17-19(12-14)22(33)30(2)21(17)32)15-9-11-18-20(13-15)24(35)31(23(18)34)16-6-4-3-5-7-16/h3-13H,1-2H3. The molecule has 9 heteroatoms. The van der Waals surface area contributed by atoms with E-state index in [0.717, 1.165) is 34.9 Å². The van der Waals surface area contributed by atoms with E-state index in [1.165, 1.54) is 25.2 Å². The molecule has 35 heavy (non-hydrogen) atoms. The zero-order chi connectivity index (χ0) is 25.3. The number of hydrogen-bond donors (Lipinski definition) is 0. The van der Waals surface area contributed by atoms with Crippen molar-refractivity contribution in [1.82, 2.24) is 4.90 Å². The normalized spacial score (nSPS) is 17.1. The minimum atomic E-state index is -4.84. The fourth-order valence-electron chi connectivity index (χ4n) is 4.53. The van der Waals surface area contributed by atoms with Gasteiger partial charge in [0, 0.05) is 7.05 Å². The fraction of sp³-hybridized carbons (Fsp3) is 0.154. The number of amides is 4. The second kappa shape index (κ2) is 7.36. The molecule has 3 aromatic rings. The van der Waals surface area contributed by atoms with Crippen LogP contribution in [0.2, 0.25) is 0 Å². The summed E-state index contributed by atoms with van der Waals surface area (Å²) in [5, 5.41) is 0. The zero-order valence-electron chi connectivity index (χ0n) is 18.5. The number of halogens is 3. The lowest BCUT2D eigenvalue weighted by atomic mass is 9.74. The van der Waals surface area contributed by atoms with Crippen molar-refractivity contribution < 1.29 is 32.3 Å². The molecular formula is C26H17F3N2O4. The molecule has 2 aliphatic heterocycles. The van der Waals surface area contributed by atoms with Gasteiger partial charge in [0.25, 0.3) is 23.6 Å². The maximum absolute atomic E-state index is 14.6. The summed E-state index contributed by atoms with van der Waals surface area (Å²) in [6.07, 6.45) is -4.84. The summed E-state index contributed by atoms with van der Waals surface area (Å²) in [4.78, 5) is 52.3. The molecule has 1 atom stereocenters. The molecule has 4 amide bonds. The summed E-state index contributed by atoms with van der Waals surface area (Å²) in [6, 6.07) is 15.0. The van der Waals surface area contributed by atoms with Crippen LogP contribution in [0.5, 0.6) is 0 Å². The number of imide groups is 2. The third-order valence-electron chi connectivity index (χ3n) is 6.71. The number of hydrogen-bond acceptors (Lipinski definition) is 4. The van der Waals surface area contributed by atoms with Gasteiger partial charge in [-0.2, -0.15) is 13.2 Å². The van der Waals surface area contributed by atoms with E-state index in [1.54, 1.807) is 30.3 Å². The van der Waals surface area contributed by atoms with Gasteiger partial charge in [-0.05, 0) is 54.4 Å². The smallest absolute Gasteiger partial charge is 0.277 e. The summed E-state index contributed by atoms with van der Waals surface area (Å²) in [7, 11) is 1.26. The van der Waals surface area contributed by atoms with E-state index in [2.05, 4.69) is 0 Å². The number of nitrogens with zero attached hydrogens (tertiary/aromatic N) is 2. The number of fused-ring (bicyclic) bond motifs is 2. The summed E-state index contributed by atoms with van der Waals surface area (Å²) >= 11 is 0. The first-order chi connectivity index (χ1) is 16.5. The number of anilines is 1. The number of carbonyl (C=O) groups excluding carboxylic acids is 4. The molecule has 0 fully saturated rings.